The summed E-state index contributed by atoms with van der Waals surface area (Å²) in [6.07, 6.45) is 1.22. The fourth-order valence-corrected chi connectivity index (χ4v) is 2.93. The third-order valence-electron chi connectivity index (χ3n) is 4.44. The largest absolute Gasteiger partial charge is 0.326 e. The molecule has 0 heterocycles. The molecule has 0 atom stereocenters. The number of aryl methyl sites for hydroxylation is 1. The van der Waals surface area contributed by atoms with Crippen LogP contribution in [0.1, 0.15) is 51.2 Å². The fourth-order valence-electron chi connectivity index (χ4n) is 2.93. The number of benzene rings is 2. The number of para-hydroxylation sites is 1. The van der Waals surface area contributed by atoms with Gasteiger partial charge in [0, 0.05) is 31.3 Å². The first-order valence-corrected chi connectivity index (χ1v) is 9.18. The second-order valence-corrected chi connectivity index (χ2v) is 6.73. The second kappa shape index (κ2) is 9.18. The van der Waals surface area contributed by atoms with Gasteiger partial charge in [-0.1, -0.05) is 51.1 Å². The Morgan fingerprint density at radius 2 is 1.69 bits per heavy atom. The minimum atomic E-state index is -0.0949. The van der Waals surface area contributed by atoms with Gasteiger partial charge in [0.1, 0.15) is 0 Å². The maximum atomic E-state index is 12.3. The molecule has 2 amide bonds. The molecule has 2 aromatic rings. The van der Waals surface area contributed by atoms with Crippen LogP contribution in [-0.2, 0) is 16.0 Å². The summed E-state index contributed by atoms with van der Waals surface area (Å²) in [6.45, 7) is 8.20. The van der Waals surface area contributed by atoms with Crippen LogP contribution in [0.2, 0.25) is 0 Å². The van der Waals surface area contributed by atoms with E-state index in [4.69, 9.17) is 0 Å². The lowest BCUT2D eigenvalue weighted by Gasteiger charge is -2.25. The van der Waals surface area contributed by atoms with Gasteiger partial charge in [-0.2, -0.15) is 0 Å². The average Bonchev–Trinajstić information content (AvgIpc) is 2.62. The summed E-state index contributed by atoms with van der Waals surface area (Å²) in [5.74, 6) is 0.152. The SMILES string of the molecule is CCc1ccc(NC(=O)CCN(C(C)=O)c2ccccc2C(C)C)cc1. The van der Waals surface area contributed by atoms with Gasteiger partial charge in [-0.15, -0.1) is 0 Å². The maximum absolute atomic E-state index is 12.3. The maximum Gasteiger partial charge on any atom is 0.226 e. The van der Waals surface area contributed by atoms with Crippen molar-refractivity contribution in [1.29, 1.82) is 0 Å². The summed E-state index contributed by atoms with van der Waals surface area (Å²) in [7, 11) is 0. The first kappa shape index (κ1) is 19.7. The predicted molar refractivity (Wildman–Crippen MR) is 108 cm³/mol. The number of amides is 2. The summed E-state index contributed by atoms with van der Waals surface area (Å²) in [5.41, 5.74) is 4.01. The molecule has 0 aliphatic heterocycles. The van der Waals surface area contributed by atoms with Gasteiger partial charge in [-0.25, -0.2) is 0 Å². The molecular formula is C22H28N2O2. The number of hydrogen-bond acceptors (Lipinski definition) is 2. The van der Waals surface area contributed by atoms with E-state index in [1.807, 2.05) is 48.5 Å². The number of carbonyl (C=O) groups is 2. The zero-order valence-electron chi connectivity index (χ0n) is 16.1. The van der Waals surface area contributed by atoms with Gasteiger partial charge in [0.2, 0.25) is 11.8 Å². The average molecular weight is 352 g/mol. The lowest BCUT2D eigenvalue weighted by atomic mass is 10.0. The van der Waals surface area contributed by atoms with E-state index in [0.29, 0.717) is 12.5 Å². The highest BCUT2D eigenvalue weighted by molar-refractivity contribution is 5.95. The van der Waals surface area contributed by atoms with Crippen molar-refractivity contribution in [1.82, 2.24) is 0 Å². The first-order chi connectivity index (χ1) is 12.4. The molecule has 2 aromatic carbocycles. The van der Waals surface area contributed by atoms with Gasteiger partial charge in [0.25, 0.3) is 0 Å². The number of hydrogen-bond donors (Lipinski definition) is 1. The molecule has 4 heteroatoms. The Morgan fingerprint density at radius 3 is 2.27 bits per heavy atom. The highest BCUT2D eigenvalue weighted by atomic mass is 16.2. The van der Waals surface area contributed by atoms with Gasteiger partial charge in [0.05, 0.1) is 0 Å². The molecular weight excluding hydrogens is 324 g/mol. The minimum absolute atomic E-state index is 0.0572. The molecule has 0 aromatic heterocycles. The van der Waals surface area contributed by atoms with Crippen LogP contribution in [0.3, 0.4) is 0 Å². The van der Waals surface area contributed by atoms with Crippen LogP contribution in [-0.4, -0.2) is 18.4 Å². The molecule has 0 radical (unpaired) electrons. The van der Waals surface area contributed by atoms with E-state index in [1.54, 1.807) is 11.8 Å². The highest BCUT2D eigenvalue weighted by Gasteiger charge is 2.17. The molecule has 0 saturated heterocycles. The number of rotatable bonds is 7. The molecule has 0 aliphatic carbocycles. The van der Waals surface area contributed by atoms with Crippen LogP contribution in [0.5, 0.6) is 0 Å². The Labute approximate surface area is 156 Å². The van der Waals surface area contributed by atoms with Crippen LogP contribution < -0.4 is 10.2 Å². The molecule has 0 aliphatic rings. The van der Waals surface area contributed by atoms with Crippen LogP contribution in [0.25, 0.3) is 0 Å². The third kappa shape index (κ3) is 5.19. The van der Waals surface area contributed by atoms with Crippen molar-refractivity contribution in [3.05, 3.63) is 59.7 Å². The molecule has 138 valence electrons. The Hall–Kier alpha value is -2.62. The van der Waals surface area contributed by atoms with Crippen LogP contribution in [0.15, 0.2) is 48.5 Å². The van der Waals surface area contributed by atoms with E-state index >= 15 is 0 Å². The monoisotopic (exact) mass is 352 g/mol. The van der Waals surface area contributed by atoms with Crippen molar-refractivity contribution in [2.24, 2.45) is 0 Å². The minimum Gasteiger partial charge on any atom is -0.326 e. The van der Waals surface area contributed by atoms with Crippen molar-refractivity contribution in [2.75, 3.05) is 16.8 Å². The Kier molecular flexibility index (Phi) is 6.96. The normalized spacial score (nSPS) is 10.7. The number of anilines is 2. The topological polar surface area (TPSA) is 49.4 Å². The van der Waals surface area contributed by atoms with Crippen LogP contribution in [0.4, 0.5) is 11.4 Å². The van der Waals surface area contributed by atoms with E-state index in [2.05, 4.69) is 26.1 Å². The molecule has 2 rings (SSSR count). The van der Waals surface area contributed by atoms with Crippen molar-refractivity contribution < 1.29 is 9.59 Å². The van der Waals surface area contributed by atoms with E-state index < -0.39 is 0 Å². The van der Waals surface area contributed by atoms with Crippen molar-refractivity contribution in [2.45, 2.75) is 46.5 Å². The van der Waals surface area contributed by atoms with E-state index in [-0.39, 0.29) is 18.2 Å². The van der Waals surface area contributed by atoms with Gasteiger partial charge in [-0.3, -0.25) is 9.59 Å². The zero-order chi connectivity index (χ0) is 19.1. The van der Waals surface area contributed by atoms with Crippen molar-refractivity contribution in [3.8, 4) is 0 Å². The smallest absolute Gasteiger partial charge is 0.226 e. The Morgan fingerprint density at radius 1 is 1.04 bits per heavy atom. The summed E-state index contributed by atoms with van der Waals surface area (Å²) < 4.78 is 0. The zero-order valence-corrected chi connectivity index (χ0v) is 16.1. The lowest BCUT2D eigenvalue weighted by Crippen LogP contribution is -2.32. The second-order valence-electron chi connectivity index (χ2n) is 6.73. The fraction of sp³-hybridized carbons (Fsp3) is 0.364. The highest BCUT2D eigenvalue weighted by Crippen LogP contribution is 2.27. The predicted octanol–water partition coefficient (Wildman–Crippen LogP) is 4.75. The summed E-state index contributed by atoms with van der Waals surface area (Å²) in [6, 6.07) is 15.7. The third-order valence-corrected chi connectivity index (χ3v) is 4.44. The molecule has 0 fully saturated rings. The van der Waals surface area contributed by atoms with E-state index in [0.717, 1.165) is 23.4 Å². The summed E-state index contributed by atoms with van der Waals surface area (Å²) in [4.78, 5) is 26.1. The molecule has 0 spiro atoms. The number of carbonyl (C=O) groups excluding carboxylic acids is 2. The lowest BCUT2D eigenvalue weighted by molar-refractivity contribution is -0.117. The summed E-state index contributed by atoms with van der Waals surface area (Å²) >= 11 is 0. The van der Waals surface area contributed by atoms with Crippen LogP contribution >= 0.6 is 0 Å². The standard InChI is InChI=1S/C22H28N2O2/c1-5-18-10-12-19(13-11-18)23-22(26)14-15-24(17(4)25)21-9-7-6-8-20(21)16(2)3/h6-13,16H,5,14-15H2,1-4H3,(H,23,26). The quantitative estimate of drug-likeness (QED) is 0.781. The van der Waals surface area contributed by atoms with Crippen LogP contribution in [0, 0.1) is 0 Å². The molecule has 0 unspecified atom stereocenters. The number of nitrogens with zero attached hydrogens (tertiary/aromatic N) is 1. The van der Waals surface area contributed by atoms with Crippen molar-refractivity contribution in [3.63, 3.8) is 0 Å². The van der Waals surface area contributed by atoms with Gasteiger partial charge in [-0.05, 0) is 41.7 Å². The number of nitrogens with one attached hydrogen (secondary N) is 1. The van der Waals surface area contributed by atoms with Gasteiger partial charge >= 0.3 is 0 Å². The molecule has 1 N–H and O–H groups in total. The molecule has 0 saturated carbocycles. The van der Waals surface area contributed by atoms with E-state index in [1.165, 1.54) is 5.56 Å². The Balaban J connectivity index is 2.04. The van der Waals surface area contributed by atoms with E-state index in [9.17, 15) is 9.59 Å². The summed E-state index contributed by atoms with van der Waals surface area (Å²) in [5, 5.41) is 2.90. The van der Waals surface area contributed by atoms with Crippen molar-refractivity contribution >= 4 is 23.2 Å². The van der Waals surface area contributed by atoms with Gasteiger partial charge < -0.3 is 10.2 Å². The first-order valence-electron chi connectivity index (χ1n) is 9.18. The Bertz CT molecular complexity index is 751. The molecule has 26 heavy (non-hydrogen) atoms. The molecule has 0 bridgehead atoms. The van der Waals surface area contributed by atoms with Gasteiger partial charge in [0.15, 0.2) is 0 Å². The molecule has 4 nitrogen and oxygen atoms in total.